The smallest absolute Gasteiger partial charge is 0.119 e. The van der Waals surface area contributed by atoms with Crippen LogP contribution in [0.4, 0.5) is 0 Å². The van der Waals surface area contributed by atoms with Crippen LogP contribution in [0.2, 0.25) is 0 Å². The van der Waals surface area contributed by atoms with Gasteiger partial charge in [-0.15, -0.1) is 0 Å². The first kappa shape index (κ1) is 12.7. The van der Waals surface area contributed by atoms with Crippen LogP contribution in [0.5, 0.6) is 5.75 Å². The van der Waals surface area contributed by atoms with Gasteiger partial charge in [0.15, 0.2) is 0 Å². The molecule has 1 fully saturated rings. The number of nitrogens with zero attached hydrogens (tertiary/aromatic N) is 1. The summed E-state index contributed by atoms with van der Waals surface area (Å²) in [5, 5.41) is 8.92. The fourth-order valence-corrected chi connectivity index (χ4v) is 2.18. The fourth-order valence-electron chi connectivity index (χ4n) is 2.18. The third-order valence-corrected chi connectivity index (χ3v) is 3.62. The van der Waals surface area contributed by atoms with Gasteiger partial charge in [0.2, 0.25) is 0 Å². The summed E-state index contributed by atoms with van der Waals surface area (Å²) in [6.07, 6.45) is 1.07. The molecule has 0 radical (unpaired) electrons. The highest BCUT2D eigenvalue weighted by Crippen LogP contribution is 2.29. The van der Waals surface area contributed by atoms with E-state index in [0.717, 1.165) is 23.3 Å². The summed E-state index contributed by atoms with van der Waals surface area (Å²) in [6.45, 7) is 0.699. The van der Waals surface area contributed by atoms with Crippen LogP contribution in [-0.4, -0.2) is 12.6 Å². The third-order valence-electron chi connectivity index (χ3n) is 3.62. The van der Waals surface area contributed by atoms with Gasteiger partial charge in [-0.3, -0.25) is 0 Å². The molecule has 2 N–H and O–H groups in total. The molecule has 0 aromatic heterocycles. The Morgan fingerprint density at radius 3 is 2.55 bits per heavy atom. The number of rotatable bonds is 4. The van der Waals surface area contributed by atoms with E-state index < -0.39 is 0 Å². The van der Waals surface area contributed by atoms with Crippen molar-refractivity contribution in [3.05, 3.63) is 54.1 Å². The second kappa shape index (κ2) is 5.36. The summed E-state index contributed by atoms with van der Waals surface area (Å²) in [6, 6.07) is 18.0. The number of ether oxygens (including phenoxy) is 1. The molecule has 0 saturated heterocycles. The molecule has 1 aliphatic rings. The van der Waals surface area contributed by atoms with Gasteiger partial charge >= 0.3 is 0 Å². The summed E-state index contributed by atoms with van der Waals surface area (Å²) >= 11 is 0. The Bertz CT molecular complexity index is 643. The lowest BCUT2D eigenvalue weighted by Crippen LogP contribution is -2.08. The summed E-state index contributed by atoms with van der Waals surface area (Å²) < 4.78 is 5.70. The Labute approximate surface area is 118 Å². The van der Waals surface area contributed by atoms with Crippen molar-refractivity contribution in [3.8, 4) is 22.9 Å². The van der Waals surface area contributed by atoms with Crippen LogP contribution in [-0.2, 0) is 0 Å². The average molecular weight is 264 g/mol. The van der Waals surface area contributed by atoms with Crippen molar-refractivity contribution in [2.75, 3.05) is 6.61 Å². The van der Waals surface area contributed by atoms with Crippen LogP contribution in [0.25, 0.3) is 11.1 Å². The van der Waals surface area contributed by atoms with Crippen LogP contribution in [0, 0.1) is 17.2 Å². The minimum atomic E-state index is 0.322. The predicted octanol–water partition coefficient (Wildman–Crippen LogP) is 2.95. The van der Waals surface area contributed by atoms with E-state index in [0.29, 0.717) is 24.1 Å². The van der Waals surface area contributed by atoms with Crippen molar-refractivity contribution in [2.45, 2.75) is 12.5 Å². The van der Waals surface area contributed by atoms with E-state index in [9.17, 15) is 0 Å². The molecule has 20 heavy (non-hydrogen) atoms. The van der Waals surface area contributed by atoms with Crippen LogP contribution in [0.3, 0.4) is 0 Å². The van der Waals surface area contributed by atoms with Gasteiger partial charge in [0, 0.05) is 12.0 Å². The van der Waals surface area contributed by atoms with Gasteiger partial charge in [0.25, 0.3) is 0 Å². The summed E-state index contributed by atoms with van der Waals surface area (Å²) in [5.41, 5.74) is 8.55. The molecule has 0 aliphatic heterocycles. The lowest BCUT2D eigenvalue weighted by atomic mass is 10.0. The van der Waals surface area contributed by atoms with E-state index in [4.69, 9.17) is 15.7 Å². The molecule has 100 valence electrons. The largest absolute Gasteiger partial charge is 0.493 e. The summed E-state index contributed by atoms with van der Waals surface area (Å²) in [7, 11) is 0. The van der Waals surface area contributed by atoms with Crippen molar-refractivity contribution in [1.29, 1.82) is 5.26 Å². The number of hydrogen-bond donors (Lipinski definition) is 1. The monoisotopic (exact) mass is 264 g/mol. The SMILES string of the molecule is N#Cc1cccc(-c2ccc(OC[C@@H]3C[C@H]3N)cc2)c1. The minimum Gasteiger partial charge on any atom is -0.493 e. The zero-order chi connectivity index (χ0) is 13.9. The predicted molar refractivity (Wildman–Crippen MR) is 78.2 cm³/mol. The molecule has 0 spiro atoms. The van der Waals surface area contributed by atoms with Gasteiger partial charge in [-0.05, 0) is 41.8 Å². The molecule has 2 aromatic rings. The first-order valence-corrected chi connectivity index (χ1v) is 6.75. The van der Waals surface area contributed by atoms with E-state index in [1.165, 1.54) is 0 Å². The Hall–Kier alpha value is -2.31. The van der Waals surface area contributed by atoms with Gasteiger partial charge in [-0.25, -0.2) is 0 Å². The average Bonchev–Trinajstić information content (AvgIpc) is 3.21. The Morgan fingerprint density at radius 2 is 1.90 bits per heavy atom. The first-order valence-electron chi connectivity index (χ1n) is 6.75. The fraction of sp³-hybridized carbons (Fsp3) is 0.235. The maximum Gasteiger partial charge on any atom is 0.119 e. The van der Waals surface area contributed by atoms with Gasteiger partial charge < -0.3 is 10.5 Å². The Morgan fingerprint density at radius 1 is 1.15 bits per heavy atom. The highest BCUT2D eigenvalue weighted by molar-refractivity contribution is 5.65. The molecule has 0 amide bonds. The van der Waals surface area contributed by atoms with Gasteiger partial charge in [-0.1, -0.05) is 24.3 Å². The molecule has 0 heterocycles. The standard InChI is InChI=1S/C17H16N2O/c18-10-12-2-1-3-14(8-12)13-4-6-16(7-5-13)20-11-15-9-17(15)19/h1-8,15,17H,9,11,19H2/t15-,17+/m0/s1. The maximum absolute atomic E-state index is 8.92. The van der Waals surface area contributed by atoms with Crippen LogP contribution < -0.4 is 10.5 Å². The van der Waals surface area contributed by atoms with Crippen molar-refractivity contribution in [3.63, 3.8) is 0 Å². The van der Waals surface area contributed by atoms with Gasteiger partial charge in [0.05, 0.1) is 18.2 Å². The van der Waals surface area contributed by atoms with E-state index in [-0.39, 0.29) is 0 Å². The first-order chi connectivity index (χ1) is 9.76. The van der Waals surface area contributed by atoms with E-state index in [1.54, 1.807) is 6.07 Å². The van der Waals surface area contributed by atoms with Crippen LogP contribution in [0.1, 0.15) is 12.0 Å². The van der Waals surface area contributed by atoms with Gasteiger partial charge in [0.1, 0.15) is 5.75 Å². The molecule has 2 aromatic carbocycles. The number of hydrogen-bond acceptors (Lipinski definition) is 3. The minimum absolute atomic E-state index is 0.322. The molecule has 2 atom stereocenters. The van der Waals surface area contributed by atoms with Gasteiger partial charge in [-0.2, -0.15) is 5.26 Å². The topological polar surface area (TPSA) is 59.0 Å². The molecule has 1 aliphatic carbocycles. The molecular formula is C17H16N2O. The second-order valence-corrected chi connectivity index (χ2v) is 5.19. The van der Waals surface area contributed by atoms with Crippen LogP contribution in [0.15, 0.2) is 48.5 Å². The molecule has 3 nitrogen and oxygen atoms in total. The molecule has 0 unspecified atom stereocenters. The Balaban J connectivity index is 1.70. The number of nitriles is 1. The van der Waals surface area contributed by atoms with Crippen molar-refractivity contribution >= 4 is 0 Å². The lowest BCUT2D eigenvalue weighted by molar-refractivity contribution is 0.297. The zero-order valence-corrected chi connectivity index (χ0v) is 11.1. The Kier molecular flexibility index (Phi) is 3.41. The van der Waals surface area contributed by atoms with E-state index in [1.807, 2.05) is 42.5 Å². The number of nitrogens with two attached hydrogens (primary N) is 1. The number of benzene rings is 2. The molecule has 3 rings (SSSR count). The highest BCUT2D eigenvalue weighted by Gasteiger charge is 2.33. The van der Waals surface area contributed by atoms with Crippen molar-refractivity contribution in [2.24, 2.45) is 11.7 Å². The van der Waals surface area contributed by atoms with E-state index >= 15 is 0 Å². The maximum atomic E-state index is 8.92. The molecule has 3 heteroatoms. The quantitative estimate of drug-likeness (QED) is 0.923. The normalized spacial score (nSPS) is 20.2. The zero-order valence-electron chi connectivity index (χ0n) is 11.1. The van der Waals surface area contributed by atoms with Crippen LogP contribution >= 0.6 is 0 Å². The summed E-state index contributed by atoms with van der Waals surface area (Å²) in [5.74, 6) is 1.38. The molecule has 1 saturated carbocycles. The second-order valence-electron chi connectivity index (χ2n) is 5.19. The van der Waals surface area contributed by atoms with Crippen molar-refractivity contribution in [1.82, 2.24) is 0 Å². The molecule has 0 bridgehead atoms. The third kappa shape index (κ3) is 2.81. The van der Waals surface area contributed by atoms with Crippen molar-refractivity contribution < 1.29 is 4.74 Å². The molecular weight excluding hydrogens is 248 g/mol. The lowest BCUT2D eigenvalue weighted by Gasteiger charge is -2.07. The summed E-state index contributed by atoms with van der Waals surface area (Å²) in [4.78, 5) is 0. The van der Waals surface area contributed by atoms with E-state index in [2.05, 4.69) is 6.07 Å². The highest BCUT2D eigenvalue weighted by atomic mass is 16.5.